The minimum Gasteiger partial charge on any atom is -0.496 e. The third-order valence-corrected chi connectivity index (χ3v) is 3.55. The summed E-state index contributed by atoms with van der Waals surface area (Å²) in [5, 5.41) is 8.90. The molecule has 1 unspecified atom stereocenters. The molecule has 0 aliphatic heterocycles. The van der Waals surface area contributed by atoms with Crippen molar-refractivity contribution in [3.63, 3.8) is 0 Å². The van der Waals surface area contributed by atoms with Gasteiger partial charge in [0.2, 0.25) is 0 Å². The van der Waals surface area contributed by atoms with Crippen LogP contribution in [0.4, 0.5) is 4.39 Å². The molecule has 0 radical (unpaired) electrons. The largest absolute Gasteiger partial charge is 0.496 e. The van der Waals surface area contributed by atoms with Crippen LogP contribution < -0.4 is 4.74 Å². The number of aliphatic hydroxyl groups is 1. The van der Waals surface area contributed by atoms with Crippen molar-refractivity contribution in [2.45, 2.75) is 10.3 Å². The zero-order chi connectivity index (χ0) is 11.4. The molecule has 0 amide bonds. The van der Waals surface area contributed by atoms with Crippen LogP contribution in [-0.4, -0.2) is 18.8 Å². The Morgan fingerprint density at radius 3 is 2.80 bits per heavy atom. The van der Waals surface area contributed by atoms with Gasteiger partial charge in [-0.05, 0) is 18.6 Å². The lowest BCUT2D eigenvalue weighted by Crippen LogP contribution is -2.01. The molecular formula is C10H11ClFIO2. The molecule has 1 rings (SSSR count). The fraction of sp³-hybridized carbons (Fsp3) is 0.400. The van der Waals surface area contributed by atoms with Crippen molar-refractivity contribution < 1.29 is 14.2 Å². The van der Waals surface area contributed by atoms with Crippen LogP contribution in [0.1, 0.15) is 15.9 Å². The van der Waals surface area contributed by atoms with Crippen molar-refractivity contribution in [3.05, 3.63) is 28.5 Å². The standard InChI is InChI=1S/C10H11ClFIO2/c1-15-8-3-2-6(11)10(12)9(8)7(13)4-5-14/h2-3,7,14H,4-5H2,1H3. The summed E-state index contributed by atoms with van der Waals surface area (Å²) in [7, 11) is 1.48. The first-order valence-electron chi connectivity index (χ1n) is 4.38. The fourth-order valence-electron chi connectivity index (χ4n) is 1.28. The minimum absolute atomic E-state index is 0.00269. The van der Waals surface area contributed by atoms with E-state index < -0.39 is 5.82 Å². The van der Waals surface area contributed by atoms with Gasteiger partial charge >= 0.3 is 0 Å². The predicted molar refractivity (Wildman–Crippen MR) is 66.4 cm³/mol. The van der Waals surface area contributed by atoms with Crippen molar-refractivity contribution >= 4 is 34.2 Å². The molecule has 0 aliphatic rings. The molecule has 15 heavy (non-hydrogen) atoms. The molecule has 0 spiro atoms. The van der Waals surface area contributed by atoms with Crippen molar-refractivity contribution in [1.29, 1.82) is 0 Å². The highest BCUT2D eigenvalue weighted by atomic mass is 127. The molecule has 1 aromatic rings. The smallest absolute Gasteiger partial charge is 0.149 e. The van der Waals surface area contributed by atoms with Gasteiger partial charge in [-0.15, -0.1) is 0 Å². The van der Waals surface area contributed by atoms with Gasteiger partial charge in [0.15, 0.2) is 0 Å². The van der Waals surface area contributed by atoms with Crippen molar-refractivity contribution in [2.24, 2.45) is 0 Å². The van der Waals surface area contributed by atoms with Gasteiger partial charge in [0, 0.05) is 16.1 Å². The molecule has 5 heteroatoms. The van der Waals surface area contributed by atoms with Crippen LogP contribution >= 0.6 is 34.2 Å². The van der Waals surface area contributed by atoms with Crippen LogP contribution in [0.2, 0.25) is 5.02 Å². The maximum atomic E-state index is 13.7. The molecule has 2 nitrogen and oxygen atoms in total. The van der Waals surface area contributed by atoms with Gasteiger partial charge in [-0.1, -0.05) is 34.2 Å². The van der Waals surface area contributed by atoms with Gasteiger partial charge in [0.25, 0.3) is 0 Å². The third kappa shape index (κ3) is 2.95. The van der Waals surface area contributed by atoms with E-state index in [9.17, 15) is 4.39 Å². The number of hydrogen-bond acceptors (Lipinski definition) is 2. The maximum absolute atomic E-state index is 13.7. The zero-order valence-corrected chi connectivity index (χ0v) is 11.0. The van der Waals surface area contributed by atoms with E-state index in [2.05, 4.69) is 22.6 Å². The number of halogens is 3. The highest BCUT2D eigenvalue weighted by Crippen LogP contribution is 2.38. The second-order valence-electron chi connectivity index (χ2n) is 2.96. The topological polar surface area (TPSA) is 29.5 Å². The van der Waals surface area contributed by atoms with E-state index in [1.807, 2.05) is 0 Å². The Morgan fingerprint density at radius 1 is 1.60 bits per heavy atom. The van der Waals surface area contributed by atoms with Crippen LogP contribution in [0.5, 0.6) is 5.75 Å². The Balaban J connectivity index is 3.17. The van der Waals surface area contributed by atoms with E-state index in [0.29, 0.717) is 17.7 Å². The summed E-state index contributed by atoms with van der Waals surface area (Å²) >= 11 is 7.75. The van der Waals surface area contributed by atoms with Crippen LogP contribution in [0.15, 0.2) is 12.1 Å². The summed E-state index contributed by atoms with van der Waals surface area (Å²) in [6, 6.07) is 3.09. The van der Waals surface area contributed by atoms with Crippen LogP contribution in [0.3, 0.4) is 0 Å². The van der Waals surface area contributed by atoms with Gasteiger partial charge < -0.3 is 9.84 Å². The number of benzene rings is 1. The summed E-state index contributed by atoms with van der Waals surface area (Å²) in [6.07, 6.45) is 0.466. The summed E-state index contributed by atoms with van der Waals surface area (Å²) in [6.45, 7) is 0.00269. The molecule has 0 fully saturated rings. The van der Waals surface area contributed by atoms with Crippen LogP contribution in [0, 0.1) is 5.82 Å². The Morgan fingerprint density at radius 2 is 2.27 bits per heavy atom. The van der Waals surface area contributed by atoms with Crippen LogP contribution in [-0.2, 0) is 0 Å². The molecule has 1 N–H and O–H groups in total. The van der Waals surface area contributed by atoms with E-state index in [-0.39, 0.29) is 15.6 Å². The number of alkyl halides is 1. The van der Waals surface area contributed by atoms with Crippen molar-refractivity contribution in [3.8, 4) is 5.75 Å². The van der Waals surface area contributed by atoms with E-state index in [1.165, 1.54) is 13.2 Å². The lowest BCUT2D eigenvalue weighted by atomic mass is 10.1. The Labute approximate surface area is 107 Å². The predicted octanol–water partition coefficient (Wildman–Crippen LogP) is 3.35. The highest BCUT2D eigenvalue weighted by molar-refractivity contribution is 14.1. The van der Waals surface area contributed by atoms with E-state index >= 15 is 0 Å². The molecule has 1 atom stereocenters. The van der Waals surface area contributed by atoms with Crippen molar-refractivity contribution in [1.82, 2.24) is 0 Å². The molecule has 0 heterocycles. The quantitative estimate of drug-likeness (QED) is 0.670. The van der Waals surface area contributed by atoms with Gasteiger partial charge in [0.05, 0.1) is 12.1 Å². The lowest BCUT2D eigenvalue weighted by Gasteiger charge is -2.14. The molecule has 0 aromatic heterocycles. The monoisotopic (exact) mass is 344 g/mol. The molecule has 84 valence electrons. The molecule has 0 aliphatic carbocycles. The van der Waals surface area contributed by atoms with Gasteiger partial charge in [-0.2, -0.15) is 0 Å². The lowest BCUT2D eigenvalue weighted by molar-refractivity contribution is 0.287. The van der Waals surface area contributed by atoms with Crippen LogP contribution in [0.25, 0.3) is 0 Å². The summed E-state index contributed by atoms with van der Waals surface area (Å²) in [5.74, 6) is -0.00591. The second kappa shape index (κ2) is 5.86. The number of aliphatic hydroxyl groups excluding tert-OH is 1. The average molecular weight is 345 g/mol. The first-order chi connectivity index (χ1) is 7.11. The molecule has 1 aromatic carbocycles. The SMILES string of the molecule is COc1ccc(Cl)c(F)c1C(I)CCO. The Hall–Kier alpha value is -0.0700. The Bertz CT molecular complexity index is 346. The molecular weight excluding hydrogens is 333 g/mol. The number of hydrogen-bond donors (Lipinski definition) is 1. The first kappa shape index (κ1) is 13.0. The average Bonchev–Trinajstić information content (AvgIpc) is 2.22. The summed E-state index contributed by atoms with van der Waals surface area (Å²) in [4.78, 5) is 0. The van der Waals surface area contributed by atoms with E-state index in [4.69, 9.17) is 21.4 Å². The number of ether oxygens (including phenoxy) is 1. The summed E-state index contributed by atoms with van der Waals surface area (Å²) in [5.41, 5.74) is 0.416. The third-order valence-electron chi connectivity index (χ3n) is 2.01. The zero-order valence-electron chi connectivity index (χ0n) is 8.14. The normalized spacial score (nSPS) is 12.6. The molecule has 0 bridgehead atoms. The molecule has 0 saturated carbocycles. The Kier molecular flexibility index (Phi) is 5.08. The van der Waals surface area contributed by atoms with Gasteiger partial charge in [0.1, 0.15) is 11.6 Å². The van der Waals surface area contributed by atoms with E-state index in [1.54, 1.807) is 6.07 Å². The summed E-state index contributed by atoms with van der Waals surface area (Å²) < 4.78 is 18.6. The number of methoxy groups -OCH3 is 1. The maximum Gasteiger partial charge on any atom is 0.149 e. The fourth-order valence-corrected chi connectivity index (χ4v) is 2.30. The van der Waals surface area contributed by atoms with Crippen molar-refractivity contribution in [2.75, 3.05) is 13.7 Å². The minimum atomic E-state index is -0.469. The van der Waals surface area contributed by atoms with Gasteiger partial charge in [-0.3, -0.25) is 0 Å². The first-order valence-corrected chi connectivity index (χ1v) is 6.01. The van der Waals surface area contributed by atoms with Gasteiger partial charge in [-0.25, -0.2) is 4.39 Å². The molecule has 0 saturated heterocycles. The number of rotatable bonds is 4. The second-order valence-corrected chi connectivity index (χ2v) is 4.87. The highest BCUT2D eigenvalue weighted by Gasteiger charge is 2.19. The van der Waals surface area contributed by atoms with E-state index in [0.717, 1.165) is 0 Å².